The maximum atomic E-state index is 13.4. The molecule has 1 aromatic heterocycles. The van der Waals surface area contributed by atoms with Crippen molar-refractivity contribution in [2.75, 3.05) is 20.8 Å². The first kappa shape index (κ1) is 25.5. The quantitative estimate of drug-likeness (QED) is 0.199. The second-order valence-electron chi connectivity index (χ2n) is 8.48. The van der Waals surface area contributed by atoms with Crippen LogP contribution in [0.1, 0.15) is 28.3 Å². The molecule has 1 amide bonds. The number of Topliss-reactive ketones (excluding diaryl/α,β-unsaturated/α-hetero) is 1. The SMILES string of the molecule is C=CCOc1ccc(C(O)=C2C(=O)C(=O)N(Cc3cccnc3)C2c2ccc(OC)c(OC)c2)c(C)c1. The van der Waals surface area contributed by atoms with Gasteiger partial charge in [0.15, 0.2) is 11.5 Å². The second-order valence-corrected chi connectivity index (χ2v) is 8.48. The van der Waals surface area contributed by atoms with E-state index in [0.29, 0.717) is 40.5 Å². The largest absolute Gasteiger partial charge is 0.507 e. The van der Waals surface area contributed by atoms with Gasteiger partial charge in [-0.25, -0.2) is 0 Å². The number of methoxy groups -OCH3 is 2. The van der Waals surface area contributed by atoms with E-state index in [9.17, 15) is 14.7 Å². The van der Waals surface area contributed by atoms with Gasteiger partial charge in [0.05, 0.1) is 25.8 Å². The van der Waals surface area contributed by atoms with Crippen molar-refractivity contribution >= 4 is 17.4 Å². The van der Waals surface area contributed by atoms with Gasteiger partial charge in [-0.1, -0.05) is 24.8 Å². The summed E-state index contributed by atoms with van der Waals surface area (Å²) in [5, 5.41) is 11.5. The number of ether oxygens (including phenoxy) is 3. The molecule has 0 radical (unpaired) electrons. The van der Waals surface area contributed by atoms with Crippen LogP contribution in [0, 0.1) is 6.92 Å². The first-order valence-corrected chi connectivity index (χ1v) is 11.6. The summed E-state index contributed by atoms with van der Waals surface area (Å²) in [6.45, 7) is 5.90. The number of aromatic nitrogens is 1. The molecule has 3 aromatic rings. The third-order valence-corrected chi connectivity index (χ3v) is 6.16. The van der Waals surface area contributed by atoms with Crippen LogP contribution in [0.5, 0.6) is 17.2 Å². The lowest BCUT2D eigenvalue weighted by molar-refractivity contribution is -0.140. The van der Waals surface area contributed by atoms with Gasteiger partial charge in [-0.05, 0) is 60.0 Å². The summed E-state index contributed by atoms with van der Waals surface area (Å²) in [6.07, 6.45) is 4.90. The second kappa shape index (κ2) is 11.0. The number of carbonyl (C=O) groups excluding carboxylic acids is 2. The first-order valence-electron chi connectivity index (χ1n) is 11.6. The van der Waals surface area contributed by atoms with E-state index in [2.05, 4.69) is 11.6 Å². The topological polar surface area (TPSA) is 98.2 Å². The van der Waals surface area contributed by atoms with E-state index >= 15 is 0 Å². The number of aryl methyl sites for hydroxylation is 1. The number of aliphatic hydroxyl groups excluding tert-OH is 1. The van der Waals surface area contributed by atoms with E-state index in [1.807, 2.05) is 6.07 Å². The van der Waals surface area contributed by atoms with Crippen LogP contribution in [0.3, 0.4) is 0 Å². The Labute approximate surface area is 215 Å². The van der Waals surface area contributed by atoms with Crippen molar-refractivity contribution in [1.82, 2.24) is 9.88 Å². The van der Waals surface area contributed by atoms with Gasteiger partial charge in [0.2, 0.25) is 0 Å². The standard InChI is InChI=1S/C29H28N2O6/c1-5-13-37-21-9-10-22(18(2)14-21)27(32)25-26(20-8-11-23(35-3)24(15-20)36-4)31(29(34)28(25)33)17-19-7-6-12-30-16-19/h5-12,14-16,26,32H,1,13,17H2,2-4H3. The van der Waals surface area contributed by atoms with Crippen LogP contribution in [0.2, 0.25) is 0 Å². The van der Waals surface area contributed by atoms with E-state index in [1.165, 1.54) is 19.1 Å². The Bertz CT molecular complexity index is 1370. The molecule has 1 N–H and O–H groups in total. The molecule has 0 saturated carbocycles. The Morgan fingerprint density at radius 2 is 1.89 bits per heavy atom. The van der Waals surface area contributed by atoms with Gasteiger partial charge in [0.1, 0.15) is 18.1 Å². The summed E-state index contributed by atoms with van der Waals surface area (Å²) < 4.78 is 16.4. The van der Waals surface area contributed by atoms with Crippen molar-refractivity contribution in [3.8, 4) is 17.2 Å². The number of amides is 1. The highest BCUT2D eigenvalue weighted by Crippen LogP contribution is 2.43. The fourth-order valence-corrected chi connectivity index (χ4v) is 4.39. The smallest absolute Gasteiger partial charge is 0.295 e. The molecular formula is C29H28N2O6. The molecule has 1 atom stereocenters. The number of rotatable bonds is 9. The van der Waals surface area contributed by atoms with Crippen LogP contribution >= 0.6 is 0 Å². The molecule has 1 aliphatic rings. The molecule has 0 spiro atoms. The van der Waals surface area contributed by atoms with Gasteiger partial charge in [0, 0.05) is 24.5 Å². The van der Waals surface area contributed by atoms with Crippen molar-refractivity contribution < 1.29 is 28.9 Å². The summed E-state index contributed by atoms with van der Waals surface area (Å²) in [7, 11) is 3.03. The minimum absolute atomic E-state index is 0.0102. The fourth-order valence-electron chi connectivity index (χ4n) is 4.39. The van der Waals surface area contributed by atoms with Gasteiger partial charge < -0.3 is 24.2 Å². The molecule has 4 rings (SSSR count). The number of carbonyl (C=O) groups is 2. The predicted molar refractivity (Wildman–Crippen MR) is 139 cm³/mol. The lowest BCUT2D eigenvalue weighted by Gasteiger charge is -2.26. The van der Waals surface area contributed by atoms with E-state index < -0.39 is 17.7 Å². The minimum atomic E-state index is -0.865. The number of ketones is 1. The van der Waals surface area contributed by atoms with Crippen LogP contribution in [0.15, 0.2) is 79.2 Å². The summed E-state index contributed by atoms with van der Waals surface area (Å²) in [5.41, 5.74) is 2.43. The number of hydrogen-bond acceptors (Lipinski definition) is 7. The highest BCUT2D eigenvalue weighted by molar-refractivity contribution is 6.46. The van der Waals surface area contributed by atoms with Crippen LogP contribution in [0.25, 0.3) is 5.76 Å². The molecule has 190 valence electrons. The molecule has 1 saturated heterocycles. The molecule has 37 heavy (non-hydrogen) atoms. The molecule has 8 nitrogen and oxygen atoms in total. The number of pyridine rings is 1. The lowest BCUT2D eigenvalue weighted by Crippen LogP contribution is -2.29. The third kappa shape index (κ3) is 5.04. The Morgan fingerprint density at radius 3 is 2.54 bits per heavy atom. The average molecular weight is 501 g/mol. The molecule has 0 aliphatic carbocycles. The zero-order valence-corrected chi connectivity index (χ0v) is 20.9. The van der Waals surface area contributed by atoms with E-state index in [0.717, 1.165) is 5.56 Å². The maximum Gasteiger partial charge on any atom is 0.295 e. The molecule has 2 aromatic carbocycles. The third-order valence-electron chi connectivity index (χ3n) is 6.16. The monoisotopic (exact) mass is 500 g/mol. The number of aliphatic hydroxyl groups is 1. The molecule has 1 unspecified atom stereocenters. The van der Waals surface area contributed by atoms with Gasteiger partial charge in [-0.3, -0.25) is 14.6 Å². The van der Waals surface area contributed by atoms with Crippen molar-refractivity contribution in [1.29, 1.82) is 0 Å². The molecule has 1 fully saturated rings. The molecule has 8 heteroatoms. The highest BCUT2D eigenvalue weighted by atomic mass is 16.5. The van der Waals surface area contributed by atoms with Gasteiger partial charge in [-0.2, -0.15) is 0 Å². The number of benzene rings is 2. The summed E-state index contributed by atoms with van der Waals surface area (Å²) in [5.74, 6) is -0.211. The Balaban J connectivity index is 1.87. The lowest BCUT2D eigenvalue weighted by atomic mass is 9.93. The summed E-state index contributed by atoms with van der Waals surface area (Å²) in [6, 6.07) is 13.0. The first-order chi connectivity index (χ1) is 17.9. The Morgan fingerprint density at radius 1 is 1.11 bits per heavy atom. The highest BCUT2D eigenvalue weighted by Gasteiger charge is 2.46. The average Bonchev–Trinajstić information content (AvgIpc) is 3.16. The van der Waals surface area contributed by atoms with E-state index in [4.69, 9.17) is 14.2 Å². The van der Waals surface area contributed by atoms with E-state index in [-0.39, 0.29) is 17.9 Å². The van der Waals surface area contributed by atoms with Crippen LogP contribution in [-0.4, -0.2) is 47.5 Å². The van der Waals surface area contributed by atoms with E-state index in [1.54, 1.807) is 67.9 Å². The fraction of sp³-hybridized carbons (Fsp3) is 0.207. The summed E-state index contributed by atoms with van der Waals surface area (Å²) in [4.78, 5) is 32.2. The Hall–Kier alpha value is -4.59. The van der Waals surface area contributed by atoms with Crippen molar-refractivity contribution in [3.05, 3.63) is 101 Å². The number of likely N-dealkylation sites (tertiary alicyclic amines) is 1. The van der Waals surface area contributed by atoms with Gasteiger partial charge in [0.25, 0.3) is 11.7 Å². The minimum Gasteiger partial charge on any atom is -0.507 e. The van der Waals surface area contributed by atoms with Crippen LogP contribution in [-0.2, 0) is 16.1 Å². The summed E-state index contributed by atoms with van der Waals surface area (Å²) >= 11 is 0. The molecule has 2 heterocycles. The predicted octanol–water partition coefficient (Wildman–Crippen LogP) is 4.59. The maximum absolute atomic E-state index is 13.4. The number of nitrogens with zero attached hydrogens (tertiary/aromatic N) is 2. The van der Waals surface area contributed by atoms with Crippen LogP contribution in [0.4, 0.5) is 0 Å². The number of hydrogen-bond donors (Lipinski definition) is 1. The van der Waals surface area contributed by atoms with Gasteiger partial charge in [-0.15, -0.1) is 0 Å². The zero-order chi connectivity index (χ0) is 26.5. The van der Waals surface area contributed by atoms with Crippen molar-refractivity contribution in [2.24, 2.45) is 0 Å². The van der Waals surface area contributed by atoms with Crippen molar-refractivity contribution in [3.63, 3.8) is 0 Å². The molecular weight excluding hydrogens is 472 g/mol. The van der Waals surface area contributed by atoms with Crippen LogP contribution < -0.4 is 14.2 Å². The molecule has 1 aliphatic heterocycles. The Kier molecular flexibility index (Phi) is 7.57. The normalized spacial score (nSPS) is 16.5. The van der Waals surface area contributed by atoms with Crippen molar-refractivity contribution in [2.45, 2.75) is 19.5 Å². The molecule has 0 bridgehead atoms. The van der Waals surface area contributed by atoms with Gasteiger partial charge >= 0.3 is 0 Å². The zero-order valence-electron chi connectivity index (χ0n) is 20.9.